The lowest BCUT2D eigenvalue weighted by Crippen LogP contribution is -2.32. The summed E-state index contributed by atoms with van der Waals surface area (Å²) in [7, 11) is -3.88. The SMILES string of the molecule is Cc1cc(NC(=O)[C@@H](C)S(=O)(=O)c2ccccc2Cl)no1. The highest BCUT2D eigenvalue weighted by molar-refractivity contribution is 7.93. The van der Waals surface area contributed by atoms with Gasteiger partial charge in [-0.15, -0.1) is 0 Å². The van der Waals surface area contributed by atoms with E-state index >= 15 is 0 Å². The number of anilines is 1. The van der Waals surface area contributed by atoms with E-state index in [-0.39, 0.29) is 15.7 Å². The number of sulfone groups is 1. The van der Waals surface area contributed by atoms with Crippen LogP contribution in [0.15, 0.2) is 39.8 Å². The number of hydrogen-bond donors (Lipinski definition) is 1. The number of nitrogens with one attached hydrogen (secondary N) is 1. The van der Waals surface area contributed by atoms with Crippen LogP contribution < -0.4 is 5.32 Å². The highest BCUT2D eigenvalue weighted by Crippen LogP contribution is 2.25. The number of halogens is 1. The summed E-state index contributed by atoms with van der Waals surface area (Å²) in [5, 5.41) is 4.74. The van der Waals surface area contributed by atoms with Gasteiger partial charge in [0.25, 0.3) is 0 Å². The van der Waals surface area contributed by atoms with E-state index in [9.17, 15) is 13.2 Å². The molecule has 1 amide bonds. The Balaban J connectivity index is 2.24. The lowest BCUT2D eigenvalue weighted by molar-refractivity contribution is -0.115. The maximum Gasteiger partial charge on any atom is 0.244 e. The van der Waals surface area contributed by atoms with Gasteiger partial charge in [0.15, 0.2) is 15.7 Å². The molecule has 6 nitrogen and oxygen atoms in total. The van der Waals surface area contributed by atoms with Crippen molar-refractivity contribution in [1.29, 1.82) is 0 Å². The van der Waals surface area contributed by atoms with Crippen molar-refractivity contribution >= 4 is 33.2 Å². The fraction of sp³-hybridized carbons (Fsp3) is 0.231. The number of benzene rings is 1. The fourth-order valence-corrected chi connectivity index (χ4v) is 3.45. The standard InChI is InChI=1S/C13H13ClN2O4S/c1-8-7-12(16-20-8)15-13(17)9(2)21(18,19)11-6-4-3-5-10(11)14/h3-7,9H,1-2H3,(H,15,16,17)/t9-/m1/s1. The number of amides is 1. The molecule has 2 aromatic rings. The highest BCUT2D eigenvalue weighted by Gasteiger charge is 2.31. The molecule has 1 aromatic heterocycles. The summed E-state index contributed by atoms with van der Waals surface area (Å²) in [6.07, 6.45) is 0. The molecule has 0 fully saturated rings. The first kappa shape index (κ1) is 15.5. The maximum atomic E-state index is 12.4. The summed E-state index contributed by atoms with van der Waals surface area (Å²) in [5.74, 6) is -0.0335. The largest absolute Gasteiger partial charge is 0.360 e. The van der Waals surface area contributed by atoms with Gasteiger partial charge in [0, 0.05) is 6.07 Å². The summed E-state index contributed by atoms with van der Waals surface area (Å²) in [6.45, 7) is 2.95. The summed E-state index contributed by atoms with van der Waals surface area (Å²) in [6, 6.07) is 7.48. The summed E-state index contributed by atoms with van der Waals surface area (Å²) < 4.78 is 29.6. The van der Waals surface area contributed by atoms with E-state index < -0.39 is 21.0 Å². The van der Waals surface area contributed by atoms with E-state index in [1.54, 1.807) is 19.1 Å². The number of aromatic nitrogens is 1. The van der Waals surface area contributed by atoms with Crippen molar-refractivity contribution in [2.75, 3.05) is 5.32 Å². The first-order chi connectivity index (χ1) is 9.82. The molecule has 0 aliphatic rings. The molecule has 1 atom stereocenters. The van der Waals surface area contributed by atoms with Gasteiger partial charge in [0.2, 0.25) is 5.91 Å². The van der Waals surface area contributed by atoms with Gasteiger partial charge in [-0.3, -0.25) is 4.79 Å². The zero-order valence-electron chi connectivity index (χ0n) is 11.3. The summed E-state index contributed by atoms with van der Waals surface area (Å²) >= 11 is 5.88. The molecule has 1 heterocycles. The molecule has 8 heteroatoms. The van der Waals surface area contributed by atoms with Crippen molar-refractivity contribution in [1.82, 2.24) is 5.16 Å². The molecule has 0 saturated heterocycles. The monoisotopic (exact) mass is 328 g/mol. The Morgan fingerprint density at radius 2 is 2.05 bits per heavy atom. The molecular weight excluding hydrogens is 316 g/mol. The van der Waals surface area contributed by atoms with Gasteiger partial charge < -0.3 is 9.84 Å². The quantitative estimate of drug-likeness (QED) is 0.931. The third-order valence-electron chi connectivity index (χ3n) is 2.86. The number of nitrogens with zero attached hydrogens (tertiary/aromatic N) is 1. The highest BCUT2D eigenvalue weighted by atomic mass is 35.5. The van der Waals surface area contributed by atoms with E-state index in [1.807, 2.05) is 0 Å². The van der Waals surface area contributed by atoms with E-state index in [0.29, 0.717) is 5.76 Å². The molecule has 1 aromatic carbocycles. The second-order valence-corrected chi connectivity index (χ2v) is 7.07. The van der Waals surface area contributed by atoms with Crippen LogP contribution in [0.1, 0.15) is 12.7 Å². The van der Waals surface area contributed by atoms with Crippen LogP contribution in [0, 0.1) is 6.92 Å². The van der Waals surface area contributed by atoms with Crippen LogP contribution in [-0.2, 0) is 14.6 Å². The fourth-order valence-electron chi connectivity index (χ4n) is 1.66. The smallest absolute Gasteiger partial charge is 0.244 e. The Kier molecular flexibility index (Phi) is 4.34. The predicted molar refractivity (Wildman–Crippen MR) is 78.0 cm³/mol. The lowest BCUT2D eigenvalue weighted by atomic mass is 10.4. The molecule has 0 aliphatic heterocycles. The van der Waals surface area contributed by atoms with Crippen LogP contribution in [0.3, 0.4) is 0 Å². The van der Waals surface area contributed by atoms with Crippen molar-refractivity contribution in [3.05, 3.63) is 41.1 Å². The first-order valence-corrected chi connectivity index (χ1v) is 7.97. The molecule has 0 saturated carbocycles. The minimum absolute atomic E-state index is 0.0781. The van der Waals surface area contributed by atoms with Crippen molar-refractivity contribution in [3.63, 3.8) is 0 Å². The van der Waals surface area contributed by atoms with Gasteiger partial charge >= 0.3 is 0 Å². The van der Waals surface area contributed by atoms with Gasteiger partial charge in [0.1, 0.15) is 11.0 Å². The molecule has 0 spiro atoms. The number of carbonyl (C=O) groups excluding carboxylic acids is 1. The second kappa shape index (κ2) is 5.87. The van der Waals surface area contributed by atoms with Crippen molar-refractivity contribution < 1.29 is 17.7 Å². The van der Waals surface area contributed by atoms with Gasteiger partial charge in [-0.05, 0) is 26.0 Å². The van der Waals surface area contributed by atoms with Crippen LogP contribution in [-0.4, -0.2) is 24.7 Å². The zero-order valence-corrected chi connectivity index (χ0v) is 12.9. The van der Waals surface area contributed by atoms with E-state index in [0.717, 1.165) is 0 Å². The van der Waals surface area contributed by atoms with Crippen molar-refractivity contribution in [3.8, 4) is 0 Å². The Hall–Kier alpha value is -1.86. The van der Waals surface area contributed by atoms with E-state index in [2.05, 4.69) is 10.5 Å². The second-order valence-electron chi connectivity index (χ2n) is 4.43. The van der Waals surface area contributed by atoms with Crippen LogP contribution >= 0.6 is 11.6 Å². The zero-order chi connectivity index (χ0) is 15.6. The van der Waals surface area contributed by atoms with Gasteiger partial charge in [-0.2, -0.15) is 0 Å². The Bertz CT molecular complexity index is 770. The number of carbonyl (C=O) groups is 1. The van der Waals surface area contributed by atoms with Gasteiger partial charge in [-0.1, -0.05) is 28.9 Å². The normalized spacial score (nSPS) is 12.9. The minimum Gasteiger partial charge on any atom is -0.360 e. The number of aryl methyl sites for hydroxylation is 1. The molecule has 0 radical (unpaired) electrons. The Labute approximate surface area is 127 Å². The van der Waals surface area contributed by atoms with E-state index in [1.165, 1.54) is 25.1 Å². The molecule has 0 aliphatic carbocycles. The average Bonchev–Trinajstić information content (AvgIpc) is 2.83. The first-order valence-electron chi connectivity index (χ1n) is 6.05. The summed E-state index contributed by atoms with van der Waals surface area (Å²) in [4.78, 5) is 12.0. The molecular formula is C13H13ClN2O4S. The van der Waals surface area contributed by atoms with Gasteiger partial charge in [-0.25, -0.2) is 8.42 Å². The van der Waals surface area contributed by atoms with Crippen molar-refractivity contribution in [2.24, 2.45) is 0 Å². The summed E-state index contributed by atoms with van der Waals surface area (Å²) in [5.41, 5.74) is 0. The van der Waals surface area contributed by atoms with Crippen LogP contribution in [0.25, 0.3) is 0 Å². The molecule has 21 heavy (non-hydrogen) atoms. The minimum atomic E-state index is -3.88. The Morgan fingerprint density at radius 1 is 1.38 bits per heavy atom. The number of rotatable bonds is 4. The van der Waals surface area contributed by atoms with E-state index in [4.69, 9.17) is 16.1 Å². The van der Waals surface area contributed by atoms with Crippen LogP contribution in [0.2, 0.25) is 5.02 Å². The van der Waals surface area contributed by atoms with Gasteiger partial charge in [0.05, 0.1) is 9.92 Å². The predicted octanol–water partition coefficient (Wildman–Crippen LogP) is 2.44. The van der Waals surface area contributed by atoms with Crippen LogP contribution in [0.5, 0.6) is 0 Å². The molecule has 0 unspecified atom stereocenters. The topological polar surface area (TPSA) is 89.3 Å². The third-order valence-corrected chi connectivity index (χ3v) is 5.41. The Morgan fingerprint density at radius 3 is 2.62 bits per heavy atom. The molecule has 1 N–H and O–H groups in total. The third kappa shape index (κ3) is 3.25. The molecule has 0 bridgehead atoms. The molecule has 2 rings (SSSR count). The van der Waals surface area contributed by atoms with Crippen LogP contribution in [0.4, 0.5) is 5.82 Å². The molecule has 112 valence electrons. The van der Waals surface area contributed by atoms with Crippen molar-refractivity contribution in [2.45, 2.75) is 24.0 Å². The lowest BCUT2D eigenvalue weighted by Gasteiger charge is -2.13. The maximum absolute atomic E-state index is 12.4. The average molecular weight is 329 g/mol. The number of hydrogen-bond acceptors (Lipinski definition) is 5.